The predicted molar refractivity (Wildman–Crippen MR) is 91.7 cm³/mol. The van der Waals surface area contributed by atoms with Crippen LogP contribution in [0.25, 0.3) is 0 Å². The van der Waals surface area contributed by atoms with Crippen LogP contribution in [0.1, 0.15) is 10.4 Å². The van der Waals surface area contributed by atoms with Crippen molar-refractivity contribution in [2.75, 3.05) is 17.2 Å². The number of rotatable bonds is 7. The van der Waals surface area contributed by atoms with E-state index in [2.05, 4.69) is 36.5 Å². The van der Waals surface area contributed by atoms with Crippen molar-refractivity contribution >= 4 is 45.2 Å². The Hall–Kier alpha value is -2.72. The Morgan fingerprint density at radius 2 is 2.08 bits per heavy atom. The average molecular weight is 395 g/mol. The molecule has 0 unspecified atom stereocenters. The van der Waals surface area contributed by atoms with E-state index in [9.17, 15) is 9.59 Å². The summed E-state index contributed by atoms with van der Waals surface area (Å²) in [5.41, 5.74) is 11.2. The fourth-order valence-electron chi connectivity index (χ4n) is 1.79. The largest absolute Gasteiger partial charge is 0.394 e. The van der Waals surface area contributed by atoms with Gasteiger partial charge in [0.2, 0.25) is 11.9 Å². The minimum atomic E-state index is -1.05. The van der Waals surface area contributed by atoms with Gasteiger partial charge in [0.1, 0.15) is 17.4 Å². The van der Waals surface area contributed by atoms with Crippen molar-refractivity contribution in [3.8, 4) is 0 Å². The van der Waals surface area contributed by atoms with Crippen molar-refractivity contribution in [2.24, 2.45) is 11.5 Å². The summed E-state index contributed by atoms with van der Waals surface area (Å²) in [5, 5.41) is 14.7. The van der Waals surface area contributed by atoms with E-state index in [1.54, 1.807) is 18.2 Å². The maximum atomic E-state index is 11.5. The second kappa shape index (κ2) is 7.70. The Bertz CT molecular complexity index is 770. The Kier molecular flexibility index (Phi) is 5.66. The third kappa shape index (κ3) is 4.40. The molecule has 2 aromatic rings. The number of anilines is 3. The summed E-state index contributed by atoms with van der Waals surface area (Å²) in [5.74, 6) is -1.32. The van der Waals surface area contributed by atoms with Gasteiger partial charge in [-0.25, -0.2) is 4.98 Å². The number of benzene rings is 1. The smallest absolute Gasteiger partial charge is 0.254 e. The van der Waals surface area contributed by atoms with E-state index < -0.39 is 24.5 Å². The third-order valence-corrected chi connectivity index (χ3v) is 3.46. The van der Waals surface area contributed by atoms with Gasteiger partial charge in [-0.2, -0.15) is 4.98 Å². The zero-order valence-electron chi connectivity index (χ0n) is 12.4. The Labute approximate surface area is 145 Å². The summed E-state index contributed by atoms with van der Waals surface area (Å²) < 4.78 is 0.828. The van der Waals surface area contributed by atoms with E-state index in [0.29, 0.717) is 5.69 Å². The lowest BCUT2D eigenvalue weighted by Gasteiger charge is -2.15. The van der Waals surface area contributed by atoms with Crippen molar-refractivity contribution in [2.45, 2.75) is 6.04 Å². The van der Waals surface area contributed by atoms with Gasteiger partial charge in [0.05, 0.1) is 6.61 Å². The van der Waals surface area contributed by atoms with Crippen LogP contribution >= 0.6 is 15.9 Å². The van der Waals surface area contributed by atoms with E-state index in [1.807, 2.05) is 6.07 Å². The standard InChI is InChI=1S/C14H15BrN6O3/c15-7-2-1-3-8(4-7)19-13-9(11(16)23)5-18-14(21-13)20-10(6-22)12(17)24/h1-5,10,22H,6H2,(H2,16,23)(H2,17,24)(H2,18,19,20,21)/t10-/m1/s1. The SMILES string of the molecule is NC(=O)c1cnc(N[C@H](CO)C(N)=O)nc1Nc1cccc(Br)c1. The molecule has 9 nitrogen and oxygen atoms in total. The van der Waals surface area contributed by atoms with Gasteiger partial charge >= 0.3 is 0 Å². The number of carbonyl (C=O) groups is 2. The lowest BCUT2D eigenvalue weighted by molar-refractivity contribution is -0.119. The molecule has 0 aliphatic heterocycles. The summed E-state index contributed by atoms with van der Waals surface area (Å²) in [7, 11) is 0. The molecule has 0 spiro atoms. The molecule has 0 radical (unpaired) electrons. The molecule has 0 saturated carbocycles. The topological polar surface area (TPSA) is 156 Å². The Balaban J connectivity index is 2.34. The third-order valence-electron chi connectivity index (χ3n) is 2.97. The molecular weight excluding hydrogens is 380 g/mol. The minimum Gasteiger partial charge on any atom is -0.394 e. The Morgan fingerprint density at radius 1 is 1.33 bits per heavy atom. The molecule has 24 heavy (non-hydrogen) atoms. The molecule has 2 rings (SSSR count). The summed E-state index contributed by atoms with van der Waals surface area (Å²) in [6.45, 7) is -0.523. The van der Waals surface area contributed by atoms with Crippen molar-refractivity contribution in [3.05, 3.63) is 40.5 Å². The van der Waals surface area contributed by atoms with E-state index in [-0.39, 0.29) is 17.3 Å². The quantitative estimate of drug-likeness (QED) is 0.453. The molecule has 1 heterocycles. The van der Waals surface area contributed by atoms with Crippen LogP contribution in [-0.4, -0.2) is 39.5 Å². The molecule has 7 N–H and O–H groups in total. The van der Waals surface area contributed by atoms with Crippen LogP contribution in [0.5, 0.6) is 0 Å². The zero-order valence-corrected chi connectivity index (χ0v) is 13.9. The molecular formula is C14H15BrN6O3. The minimum absolute atomic E-state index is 0.00958. The molecule has 0 fully saturated rings. The molecule has 1 aromatic carbocycles. The highest BCUT2D eigenvalue weighted by molar-refractivity contribution is 9.10. The highest BCUT2D eigenvalue weighted by atomic mass is 79.9. The molecule has 1 atom stereocenters. The number of hydrogen-bond donors (Lipinski definition) is 5. The second-order valence-corrected chi connectivity index (χ2v) is 5.65. The van der Waals surface area contributed by atoms with Crippen LogP contribution in [0.3, 0.4) is 0 Å². The first kappa shape index (κ1) is 17.6. The van der Waals surface area contributed by atoms with E-state index >= 15 is 0 Å². The first-order valence-corrected chi connectivity index (χ1v) is 7.56. The van der Waals surface area contributed by atoms with Gasteiger partial charge in [-0.1, -0.05) is 22.0 Å². The van der Waals surface area contributed by atoms with Crippen molar-refractivity contribution in [3.63, 3.8) is 0 Å². The monoisotopic (exact) mass is 394 g/mol. The summed E-state index contributed by atoms with van der Waals surface area (Å²) in [6, 6.07) is 6.13. The highest BCUT2D eigenvalue weighted by Gasteiger charge is 2.17. The zero-order chi connectivity index (χ0) is 17.7. The van der Waals surface area contributed by atoms with Gasteiger partial charge < -0.3 is 27.2 Å². The van der Waals surface area contributed by atoms with Crippen molar-refractivity contribution < 1.29 is 14.7 Å². The van der Waals surface area contributed by atoms with Crippen molar-refractivity contribution in [1.82, 2.24) is 9.97 Å². The van der Waals surface area contributed by atoms with Crippen LogP contribution in [-0.2, 0) is 4.79 Å². The normalized spacial score (nSPS) is 11.6. The lowest BCUT2D eigenvalue weighted by Crippen LogP contribution is -2.39. The summed E-state index contributed by atoms with van der Waals surface area (Å²) in [4.78, 5) is 30.7. The van der Waals surface area contributed by atoms with Crippen LogP contribution < -0.4 is 22.1 Å². The Morgan fingerprint density at radius 3 is 2.67 bits per heavy atom. The van der Waals surface area contributed by atoms with Crippen LogP contribution in [0, 0.1) is 0 Å². The molecule has 10 heteroatoms. The number of aliphatic hydroxyl groups excluding tert-OH is 1. The van der Waals surface area contributed by atoms with Gasteiger partial charge in [-0.3, -0.25) is 9.59 Å². The second-order valence-electron chi connectivity index (χ2n) is 4.74. The number of hydrogen-bond acceptors (Lipinski definition) is 7. The summed E-state index contributed by atoms with van der Waals surface area (Å²) in [6.07, 6.45) is 1.22. The van der Waals surface area contributed by atoms with Crippen molar-refractivity contribution in [1.29, 1.82) is 0 Å². The van der Waals surface area contributed by atoms with Crippen LogP contribution in [0.15, 0.2) is 34.9 Å². The molecule has 0 saturated heterocycles. The highest BCUT2D eigenvalue weighted by Crippen LogP contribution is 2.22. The summed E-state index contributed by atoms with van der Waals surface area (Å²) >= 11 is 3.34. The van der Waals surface area contributed by atoms with Crippen LogP contribution in [0.2, 0.25) is 0 Å². The van der Waals surface area contributed by atoms with Gasteiger partial charge in [0.15, 0.2) is 0 Å². The number of nitrogens with one attached hydrogen (secondary N) is 2. The number of halogens is 1. The van der Waals surface area contributed by atoms with Gasteiger partial charge in [0.25, 0.3) is 5.91 Å². The molecule has 126 valence electrons. The number of amides is 2. The average Bonchev–Trinajstić information content (AvgIpc) is 2.52. The number of aromatic nitrogens is 2. The molecule has 2 amide bonds. The molecule has 1 aromatic heterocycles. The number of aliphatic hydroxyl groups is 1. The molecule has 0 aliphatic carbocycles. The van der Waals surface area contributed by atoms with E-state index in [1.165, 1.54) is 6.20 Å². The van der Waals surface area contributed by atoms with E-state index in [0.717, 1.165) is 4.47 Å². The van der Waals surface area contributed by atoms with Gasteiger partial charge in [0, 0.05) is 16.4 Å². The number of carbonyl (C=O) groups excluding carboxylic acids is 2. The number of nitrogens with zero attached hydrogens (tertiary/aromatic N) is 2. The number of nitrogens with two attached hydrogens (primary N) is 2. The molecule has 0 aliphatic rings. The van der Waals surface area contributed by atoms with Crippen LogP contribution in [0.4, 0.5) is 17.5 Å². The van der Waals surface area contributed by atoms with Gasteiger partial charge in [-0.15, -0.1) is 0 Å². The molecule has 0 bridgehead atoms. The first-order valence-electron chi connectivity index (χ1n) is 6.77. The maximum absolute atomic E-state index is 11.5. The number of primary amides is 2. The lowest BCUT2D eigenvalue weighted by atomic mass is 10.2. The maximum Gasteiger partial charge on any atom is 0.254 e. The fraction of sp³-hybridized carbons (Fsp3) is 0.143. The fourth-order valence-corrected chi connectivity index (χ4v) is 2.19. The first-order chi connectivity index (χ1) is 11.4. The predicted octanol–water partition coefficient (Wildman–Crippen LogP) is 0.340. The van der Waals surface area contributed by atoms with Gasteiger partial charge in [-0.05, 0) is 18.2 Å². The van der Waals surface area contributed by atoms with E-state index in [4.69, 9.17) is 16.6 Å².